The minimum absolute atomic E-state index is 0.0736. The standard InChI is InChI=1S/C13H18FN3O2/c1-8(2)12(18)16-5-6-17-13(19)10-4-3-9(14)7-11(10)15/h3-4,7-8H,5-6,15H2,1-2H3,(H,16,18)(H,17,19). The summed E-state index contributed by atoms with van der Waals surface area (Å²) >= 11 is 0. The number of carbonyl (C=O) groups is 2. The van der Waals surface area contributed by atoms with E-state index in [1.807, 2.05) is 0 Å². The third-order valence-corrected chi connectivity index (χ3v) is 2.49. The van der Waals surface area contributed by atoms with Crippen LogP contribution in [-0.2, 0) is 4.79 Å². The average Bonchev–Trinajstić information content (AvgIpc) is 2.33. The summed E-state index contributed by atoms with van der Waals surface area (Å²) in [5.41, 5.74) is 5.85. The van der Waals surface area contributed by atoms with Crippen LogP contribution in [0, 0.1) is 11.7 Å². The average molecular weight is 267 g/mol. The topological polar surface area (TPSA) is 84.2 Å². The van der Waals surface area contributed by atoms with Gasteiger partial charge in [0.05, 0.1) is 5.56 Å². The molecule has 19 heavy (non-hydrogen) atoms. The molecule has 0 aliphatic carbocycles. The van der Waals surface area contributed by atoms with E-state index in [1.54, 1.807) is 13.8 Å². The van der Waals surface area contributed by atoms with E-state index in [-0.39, 0.29) is 29.6 Å². The van der Waals surface area contributed by atoms with Crippen molar-refractivity contribution < 1.29 is 14.0 Å². The van der Waals surface area contributed by atoms with E-state index in [1.165, 1.54) is 12.1 Å². The molecule has 0 aromatic heterocycles. The summed E-state index contributed by atoms with van der Waals surface area (Å²) in [6.45, 7) is 4.19. The number of hydrogen-bond donors (Lipinski definition) is 3. The van der Waals surface area contributed by atoms with Crippen LogP contribution < -0.4 is 16.4 Å². The number of nitrogens with one attached hydrogen (secondary N) is 2. The van der Waals surface area contributed by atoms with E-state index in [2.05, 4.69) is 10.6 Å². The Balaban J connectivity index is 2.41. The Morgan fingerprint density at radius 2 is 1.89 bits per heavy atom. The summed E-state index contributed by atoms with van der Waals surface area (Å²) < 4.78 is 12.8. The molecule has 0 spiro atoms. The quantitative estimate of drug-likeness (QED) is 0.547. The Labute approximate surface area is 111 Å². The first-order valence-electron chi connectivity index (χ1n) is 6.02. The molecule has 1 rings (SSSR count). The molecule has 6 heteroatoms. The van der Waals surface area contributed by atoms with Crippen molar-refractivity contribution in [1.82, 2.24) is 10.6 Å². The van der Waals surface area contributed by atoms with Gasteiger partial charge in [0, 0.05) is 24.7 Å². The van der Waals surface area contributed by atoms with Gasteiger partial charge in [-0.15, -0.1) is 0 Å². The van der Waals surface area contributed by atoms with Crippen LogP contribution in [0.1, 0.15) is 24.2 Å². The summed E-state index contributed by atoms with van der Waals surface area (Å²) in [6, 6.07) is 3.59. The minimum atomic E-state index is -0.488. The van der Waals surface area contributed by atoms with Crippen LogP contribution >= 0.6 is 0 Å². The molecule has 0 saturated heterocycles. The first kappa shape index (κ1) is 14.9. The van der Waals surface area contributed by atoms with Gasteiger partial charge < -0.3 is 16.4 Å². The lowest BCUT2D eigenvalue weighted by Gasteiger charge is -2.09. The lowest BCUT2D eigenvalue weighted by Crippen LogP contribution is -2.36. The fourth-order valence-corrected chi connectivity index (χ4v) is 1.40. The number of carbonyl (C=O) groups excluding carboxylic acids is 2. The van der Waals surface area contributed by atoms with Gasteiger partial charge in [-0.2, -0.15) is 0 Å². The van der Waals surface area contributed by atoms with Crippen molar-refractivity contribution in [3.8, 4) is 0 Å². The molecule has 0 bridgehead atoms. The van der Waals surface area contributed by atoms with Crippen LogP contribution in [0.3, 0.4) is 0 Å². The van der Waals surface area contributed by atoms with Gasteiger partial charge in [-0.25, -0.2) is 4.39 Å². The Bertz CT molecular complexity index is 475. The second-order valence-electron chi connectivity index (χ2n) is 4.43. The summed E-state index contributed by atoms with van der Waals surface area (Å²) in [6.07, 6.45) is 0. The number of rotatable bonds is 5. The lowest BCUT2D eigenvalue weighted by atomic mass is 10.1. The maximum absolute atomic E-state index is 12.8. The predicted molar refractivity (Wildman–Crippen MR) is 71.0 cm³/mol. The van der Waals surface area contributed by atoms with Gasteiger partial charge in [-0.1, -0.05) is 13.8 Å². The first-order valence-corrected chi connectivity index (χ1v) is 6.02. The predicted octanol–water partition coefficient (Wildman–Crippen LogP) is 0.910. The fourth-order valence-electron chi connectivity index (χ4n) is 1.40. The van der Waals surface area contributed by atoms with E-state index in [9.17, 15) is 14.0 Å². The Kier molecular flexibility index (Phi) is 5.29. The van der Waals surface area contributed by atoms with Crippen LogP contribution in [0.4, 0.5) is 10.1 Å². The zero-order valence-corrected chi connectivity index (χ0v) is 11.0. The van der Waals surface area contributed by atoms with Crippen molar-refractivity contribution in [3.63, 3.8) is 0 Å². The molecule has 1 aromatic carbocycles. The molecule has 0 fully saturated rings. The minimum Gasteiger partial charge on any atom is -0.398 e. The third kappa shape index (κ3) is 4.57. The Morgan fingerprint density at radius 3 is 2.47 bits per heavy atom. The molecule has 104 valence electrons. The van der Waals surface area contributed by atoms with Crippen LogP contribution in [0.2, 0.25) is 0 Å². The van der Waals surface area contributed by atoms with E-state index in [0.29, 0.717) is 6.54 Å². The second-order valence-corrected chi connectivity index (χ2v) is 4.43. The third-order valence-electron chi connectivity index (χ3n) is 2.49. The number of amides is 2. The number of halogens is 1. The molecule has 2 amide bonds. The fraction of sp³-hybridized carbons (Fsp3) is 0.385. The number of hydrogen-bond acceptors (Lipinski definition) is 3. The highest BCUT2D eigenvalue weighted by atomic mass is 19.1. The molecule has 0 atom stereocenters. The molecule has 0 radical (unpaired) electrons. The van der Waals surface area contributed by atoms with Crippen molar-refractivity contribution in [2.75, 3.05) is 18.8 Å². The van der Waals surface area contributed by atoms with Crippen LogP contribution in [0.25, 0.3) is 0 Å². The van der Waals surface area contributed by atoms with Gasteiger partial charge in [0.1, 0.15) is 5.82 Å². The summed E-state index contributed by atoms with van der Waals surface area (Å²) in [5, 5.41) is 5.27. The maximum atomic E-state index is 12.8. The molecular weight excluding hydrogens is 249 g/mol. The van der Waals surface area contributed by atoms with Crippen molar-refractivity contribution >= 4 is 17.5 Å². The van der Waals surface area contributed by atoms with Crippen LogP contribution in [0.5, 0.6) is 0 Å². The van der Waals surface area contributed by atoms with Crippen molar-refractivity contribution in [1.29, 1.82) is 0 Å². The van der Waals surface area contributed by atoms with Gasteiger partial charge in [0.15, 0.2) is 0 Å². The molecule has 4 N–H and O–H groups in total. The highest BCUT2D eigenvalue weighted by molar-refractivity contribution is 5.99. The number of nitrogens with two attached hydrogens (primary N) is 1. The normalized spacial score (nSPS) is 10.3. The Morgan fingerprint density at radius 1 is 1.26 bits per heavy atom. The van der Waals surface area contributed by atoms with Crippen molar-refractivity contribution in [2.24, 2.45) is 5.92 Å². The first-order chi connectivity index (χ1) is 8.91. The molecule has 0 saturated carbocycles. The highest BCUT2D eigenvalue weighted by Crippen LogP contribution is 2.12. The van der Waals surface area contributed by atoms with Gasteiger partial charge in [-0.05, 0) is 18.2 Å². The number of anilines is 1. The van der Waals surface area contributed by atoms with Gasteiger partial charge in [-0.3, -0.25) is 9.59 Å². The monoisotopic (exact) mass is 267 g/mol. The SMILES string of the molecule is CC(C)C(=O)NCCNC(=O)c1ccc(F)cc1N. The van der Waals surface area contributed by atoms with Gasteiger partial charge in [0.2, 0.25) is 5.91 Å². The molecular formula is C13H18FN3O2. The van der Waals surface area contributed by atoms with Gasteiger partial charge >= 0.3 is 0 Å². The van der Waals surface area contributed by atoms with Crippen molar-refractivity contribution in [2.45, 2.75) is 13.8 Å². The molecule has 1 aromatic rings. The molecule has 0 aliphatic heterocycles. The van der Waals surface area contributed by atoms with E-state index in [0.717, 1.165) is 6.07 Å². The van der Waals surface area contributed by atoms with Gasteiger partial charge in [0.25, 0.3) is 5.91 Å². The molecule has 0 aliphatic rings. The smallest absolute Gasteiger partial charge is 0.253 e. The second kappa shape index (κ2) is 6.72. The Hall–Kier alpha value is -2.11. The largest absolute Gasteiger partial charge is 0.398 e. The molecule has 0 heterocycles. The zero-order chi connectivity index (χ0) is 14.4. The molecule has 0 unspecified atom stereocenters. The van der Waals surface area contributed by atoms with E-state index < -0.39 is 11.7 Å². The van der Waals surface area contributed by atoms with E-state index in [4.69, 9.17) is 5.73 Å². The number of nitrogen functional groups attached to an aromatic ring is 1. The van der Waals surface area contributed by atoms with Crippen LogP contribution in [0.15, 0.2) is 18.2 Å². The van der Waals surface area contributed by atoms with Crippen molar-refractivity contribution in [3.05, 3.63) is 29.6 Å². The summed E-state index contributed by atoms with van der Waals surface area (Å²) in [5.74, 6) is -1.05. The summed E-state index contributed by atoms with van der Waals surface area (Å²) in [7, 11) is 0. The highest BCUT2D eigenvalue weighted by Gasteiger charge is 2.10. The van der Waals surface area contributed by atoms with E-state index >= 15 is 0 Å². The summed E-state index contributed by atoms with van der Waals surface area (Å²) in [4.78, 5) is 23.0. The zero-order valence-electron chi connectivity index (χ0n) is 11.0. The van der Waals surface area contributed by atoms with Crippen LogP contribution in [-0.4, -0.2) is 24.9 Å². The molecule has 5 nitrogen and oxygen atoms in total. The number of benzene rings is 1. The maximum Gasteiger partial charge on any atom is 0.253 e. The lowest BCUT2D eigenvalue weighted by molar-refractivity contribution is -0.123.